The van der Waals surface area contributed by atoms with Crippen LogP contribution in [0.3, 0.4) is 0 Å². The van der Waals surface area contributed by atoms with Gasteiger partial charge in [-0.15, -0.1) is 11.3 Å². The Balaban J connectivity index is 1.68. The van der Waals surface area contributed by atoms with Crippen molar-refractivity contribution in [2.75, 3.05) is 13.6 Å². The van der Waals surface area contributed by atoms with Gasteiger partial charge in [0.1, 0.15) is 4.83 Å². The number of fused-ring (bicyclic) bond motifs is 3. The van der Waals surface area contributed by atoms with Crippen molar-refractivity contribution in [3.05, 3.63) is 26.6 Å². The molecule has 2 amide bonds. The molecule has 0 aliphatic heterocycles. The minimum absolute atomic E-state index is 0.0328. The van der Waals surface area contributed by atoms with Crippen molar-refractivity contribution < 1.29 is 9.59 Å². The van der Waals surface area contributed by atoms with Crippen molar-refractivity contribution in [1.29, 1.82) is 0 Å². The van der Waals surface area contributed by atoms with Crippen LogP contribution in [0, 0.1) is 11.3 Å². The van der Waals surface area contributed by atoms with E-state index in [1.165, 1.54) is 16.2 Å². The first-order chi connectivity index (χ1) is 13.8. The van der Waals surface area contributed by atoms with Crippen LogP contribution in [0.2, 0.25) is 0 Å². The first-order valence-corrected chi connectivity index (χ1v) is 11.1. The quantitative estimate of drug-likeness (QED) is 0.613. The Kier molecular flexibility index (Phi) is 6.41. The van der Waals surface area contributed by atoms with E-state index >= 15 is 0 Å². The molecule has 0 saturated carbocycles. The van der Waals surface area contributed by atoms with Crippen molar-refractivity contribution in [2.24, 2.45) is 11.3 Å². The van der Waals surface area contributed by atoms with Gasteiger partial charge >= 0.3 is 0 Å². The van der Waals surface area contributed by atoms with E-state index in [0.717, 1.165) is 44.1 Å². The summed E-state index contributed by atoms with van der Waals surface area (Å²) in [5.74, 6) is -0.329. The molecule has 0 spiro atoms. The molecule has 2 aromatic heterocycles. The Bertz CT molecular complexity index is 980. The maximum Gasteiger partial charge on any atom is 0.287 e. The highest BCUT2D eigenvalue weighted by Crippen LogP contribution is 2.34. The van der Waals surface area contributed by atoms with Gasteiger partial charge in [0.2, 0.25) is 11.7 Å². The van der Waals surface area contributed by atoms with Crippen LogP contribution in [0.5, 0.6) is 0 Å². The summed E-state index contributed by atoms with van der Waals surface area (Å²) in [5.41, 5.74) is 0.749. The summed E-state index contributed by atoms with van der Waals surface area (Å²) in [7, 11) is 1.64. The molecule has 0 radical (unpaired) electrons. The second-order valence-electron chi connectivity index (χ2n) is 8.35. The number of hydrogen-bond acceptors (Lipinski definition) is 5. The van der Waals surface area contributed by atoms with E-state index in [4.69, 9.17) is 0 Å². The number of carbonyl (C=O) groups excluding carboxylic acids is 2. The van der Waals surface area contributed by atoms with E-state index < -0.39 is 0 Å². The Labute approximate surface area is 174 Å². The zero-order chi connectivity index (χ0) is 21.2. The Morgan fingerprint density at radius 1 is 1.34 bits per heavy atom. The molecule has 3 rings (SSSR count). The smallest absolute Gasteiger partial charge is 0.287 e. The molecule has 2 atom stereocenters. The van der Waals surface area contributed by atoms with Crippen molar-refractivity contribution in [2.45, 2.75) is 59.3 Å². The van der Waals surface area contributed by atoms with Crippen LogP contribution in [0.1, 0.15) is 67.5 Å². The van der Waals surface area contributed by atoms with E-state index in [0.29, 0.717) is 16.8 Å². The number of thiophene rings is 1. The summed E-state index contributed by atoms with van der Waals surface area (Å²) in [4.78, 5) is 45.9. The number of hydrogen-bond donors (Lipinski definition) is 3. The van der Waals surface area contributed by atoms with Crippen LogP contribution in [-0.2, 0) is 17.6 Å². The van der Waals surface area contributed by atoms with E-state index in [9.17, 15) is 14.4 Å². The molecule has 0 bridgehead atoms. The molecular weight excluding hydrogens is 388 g/mol. The van der Waals surface area contributed by atoms with E-state index in [-0.39, 0.29) is 34.5 Å². The van der Waals surface area contributed by atoms with Crippen molar-refractivity contribution in [3.63, 3.8) is 0 Å². The average molecular weight is 419 g/mol. The lowest BCUT2D eigenvalue weighted by Gasteiger charge is -2.29. The highest BCUT2D eigenvalue weighted by Gasteiger charge is 2.26. The van der Waals surface area contributed by atoms with Gasteiger partial charge in [0.15, 0.2) is 0 Å². The number of nitrogens with zero attached hydrogens (tertiary/aromatic N) is 1. The molecular formula is C21H30N4O3S. The molecule has 2 aromatic rings. The molecule has 29 heavy (non-hydrogen) atoms. The third kappa shape index (κ3) is 4.52. The van der Waals surface area contributed by atoms with Crippen LogP contribution >= 0.6 is 11.3 Å². The number of nitrogens with one attached hydrogen (secondary N) is 3. The number of H-pyrrole nitrogens is 1. The van der Waals surface area contributed by atoms with E-state index in [2.05, 4.69) is 34.4 Å². The maximum atomic E-state index is 12.7. The van der Waals surface area contributed by atoms with Gasteiger partial charge in [-0.1, -0.05) is 20.8 Å². The number of carbonyl (C=O) groups is 2. The van der Waals surface area contributed by atoms with Crippen molar-refractivity contribution in [1.82, 2.24) is 20.6 Å². The molecule has 2 heterocycles. The van der Waals surface area contributed by atoms with Crippen molar-refractivity contribution in [3.8, 4) is 0 Å². The van der Waals surface area contributed by atoms with Gasteiger partial charge in [-0.3, -0.25) is 14.4 Å². The zero-order valence-corrected chi connectivity index (χ0v) is 18.4. The fraction of sp³-hybridized carbons (Fsp3) is 0.619. The monoisotopic (exact) mass is 418 g/mol. The standard InChI is InChI=1S/C21H30N4O3S/c1-5-21(3,10-9-12(2)17(26)22-4)11-23-19(28)16-24-18(27)15-13-7-6-8-14(13)29-20(15)25-16/h12H,5-11H2,1-4H3,(H,22,26)(H,23,28)(H,24,25,27). The Morgan fingerprint density at radius 3 is 2.79 bits per heavy atom. The van der Waals surface area contributed by atoms with Crippen LogP contribution in [-0.4, -0.2) is 35.4 Å². The summed E-state index contributed by atoms with van der Waals surface area (Å²) in [6.07, 6.45) is 5.41. The minimum Gasteiger partial charge on any atom is -0.359 e. The largest absolute Gasteiger partial charge is 0.359 e. The summed E-state index contributed by atoms with van der Waals surface area (Å²) in [6, 6.07) is 0. The topological polar surface area (TPSA) is 104 Å². The molecule has 8 heteroatoms. The summed E-state index contributed by atoms with van der Waals surface area (Å²) in [6.45, 7) is 6.56. The van der Waals surface area contributed by atoms with E-state index in [1.54, 1.807) is 7.05 Å². The molecule has 2 unspecified atom stereocenters. The third-order valence-corrected chi connectivity index (χ3v) is 7.38. The maximum absolute atomic E-state index is 12.7. The molecule has 1 aliphatic carbocycles. The minimum atomic E-state index is -0.364. The SMILES string of the molecule is CCC(C)(CCC(C)C(=O)NC)CNC(=O)c1nc2sc3c(c2c(=O)[nH]1)CCC3. The molecule has 3 N–H and O–H groups in total. The highest BCUT2D eigenvalue weighted by atomic mass is 32.1. The molecule has 158 valence electrons. The van der Waals surface area contributed by atoms with Gasteiger partial charge in [-0.25, -0.2) is 4.98 Å². The number of aromatic amines is 1. The number of amides is 2. The number of aromatic nitrogens is 2. The lowest BCUT2D eigenvalue weighted by atomic mass is 9.80. The second kappa shape index (κ2) is 8.65. The first-order valence-electron chi connectivity index (χ1n) is 10.3. The Morgan fingerprint density at radius 2 is 2.10 bits per heavy atom. The molecule has 7 nitrogen and oxygen atoms in total. The van der Waals surface area contributed by atoms with Crippen LogP contribution < -0.4 is 16.2 Å². The lowest BCUT2D eigenvalue weighted by Crippen LogP contribution is -2.37. The first kappa shape index (κ1) is 21.5. The van der Waals surface area contributed by atoms with Crippen molar-refractivity contribution >= 4 is 33.4 Å². The van der Waals surface area contributed by atoms with E-state index in [1.807, 2.05) is 6.92 Å². The van der Waals surface area contributed by atoms with Crippen LogP contribution in [0.25, 0.3) is 10.2 Å². The van der Waals surface area contributed by atoms with Crippen LogP contribution in [0.4, 0.5) is 0 Å². The second-order valence-corrected chi connectivity index (χ2v) is 9.44. The lowest BCUT2D eigenvalue weighted by molar-refractivity contribution is -0.124. The van der Waals surface area contributed by atoms with Gasteiger partial charge < -0.3 is 15.6 Å². The predicted molar refractivity (Wildman–Crippen MR) is 115 cm³/mol. The van der Waals surface area contributed by atoms with Gasteiger partial charge in [0.05, 0.1) is 5.39 Å². The summed E-state index contributed by atoms with van der Waals surface area (Å²) >= 11 is 1.53. The fourth-order valence-corrected chi connectivity index (χ4v) is 5.08. The molecule has 1 aliphatic rings. The van der Waals surface area contributed by atoms with Crippen LogP contribution in [0.15, 0.2) is 4.79 Å². The average Bonchev–Trinajstić information content (AvgIpc) is 3.30. The van der Waals surface area contributed by atoms with Gasteiger partial charge in [0.25, 0.3) is 11.5 Å². The normalized spacial score (nSPS) is 16.3. The van der Waals surface area contributed by atoms with Gasteiger partial charge in [-0.2, -0.15) is 0 Å². The molecule has 0 aromatic carbocycles. The van der Waals surface area contributed by atoms with Gasteiger partial charge in [0, 0.05) is 24.4 Å². The highest BCUT2D eigenvalue weighted by molar-refractivity contribution is 7.18. The Hall–Kier alpha value is -2.22. The zero-order valence-electron chi connectivity index (χ0n) is 17.6. The predicted octanol–water partition coefficient (Wildman–Crippen LogP) is 2.78. The molecule has 0 saturated heterocycles. The molecule has 0 fully saturated rings. The number of aryl methyl sites for hydroxylation is 2. The summed E-state index contributed by atoms with van der Waals surface area (Å²) < 4.78 is 0. The van der Waals surface area contributed by atoms with Gasteiger partial charge in [-0.05, 0) is 49.5 Å². The number of rotatable bonds is 8. The third-order valence-electron chi connectivity index (χ3n) is 6.19. The fourth-order valence-electron chi connectivity index (χ4n) is 3.82. The summed E-state index contributed by atoms with van der Waals surface area (Å²) in [5, 5.41) is 6.26.